The van der Waals surface area contributed by atoms with E-state index in [1.807, 2.05) is 44.2 Å². The summed E-state index contributed by atoms with van der Waals surface area (Å²) in [4.78, 5) is 39.2. The third kappa shape index (κ3) is 5.09. The molecule has 0 atom stereocenters. The number of benzene rings is 2. The van der Waals surface area contributed by atoms with Crippen LogP contribution in [0.1, 0.15) is 17.0 Å². The van der Waals surface area contributed by atoms with Gasteiger partial charge >= 0.3 is 0 Å². The fraction of sp³-hybridized carbons (Fsp3) is 0.192. The van der Waals surface area contributed by atoms with Gasteiger partial charge in [-0.1, -0.05) is 6.07 Å². The minimum Gasteiger partial charge on any atom is -0.497 e. The number of carbonyl (C=O) groups is 3. The van der Waals surface area contributed by atoms with Crippen LogP contribution in [0, 0.1) is 13.8 Å². The summed E-state index contributed by atoms with van der Waals surface area (Å²) >= 11 is 0.828. The van der Waals surface area contributed by atoms with E-state index in [1.165, 1.54) is 0 Å². The molecule has 35 heavy (non-hydrogen) atoms. The Morgan fingerprint density at radius 2 is 1.71 bits per heavy atom. The smallest absolute Gasteiger partial charge is 0.294 e. The average Bonchev–Trinajstić information content (AvgIpc) is 3.28. The van der Waals surface area contributed by atoms with Crippen LogP contribution in [0.4, 0.5) is 10.5 Å². The lowest BCUT2D eigenvalue weighted by Gasteiger charge is -2.12. The molecule has 1 aromatic heterocycles. The number of hydrogen-bond acceptors (Lipinski definition) is 6. The molecule has 0 bridgehead atoms. The molecule has 0 saturated carbocycles. The first-order chi connectivity index (χ1) is 16.8. The Hall–Kier alpha value is -3.98. The van der Waals surface area contributed by atoms with E-state index < -0.39 is 17.1 Å². The molecule has 0 spiro atoms. The first kappa shape index (κ1) is 24.2. The van der Waals surface area contributed by atoms with Crippen molar-refractivity contribution in [2.24, 2.45) is 0 Å². The van der Waals surface area contributed by atoms with Crippen LogP contribution >= 0.6 is 11.8 Å². The second-order valence-corrected chi connectivity index (χ2v) is 8.90. The summed E-state index contributed by atoms with van der Waals surface area (Å²) in [7, 11) is 3.17. The highest BCUT2D eigenvalue weighted by Gasteiger charge is 2.36. The quantitative estimate of drug-likeness (QED) is 0.478. The average molecular weight is 492 g/mol. The number of thioether (sulfide) groups is 1. The molecule has 9 heteroatoms. The van der Waals surface area contributed by atoms with Crippen LogP contribution in [-0.4, -0.2) is 47.3 Å². The molecule has 1 aliphatic rings. The lowest BCUT2D eigenvalue weighted by molar-refractivity contribution is -0.127. The zero-order chi connectivity index (χ0) is 25.1. The molecular weight excluding hydrogens is 466 g/mol. The van der Waals surface area contributed by atoms with Gasteiger partial charge in [-0.3, -0.25) is 19.3 Å². The molecule has 3 aromatic rings. The van der Waals surface area contributed by atoms with Gasteiger partial charge < -0.3 is 19.4 Å². The van der Waals surface area contributed by atoms with Crippen LogP contribution in [-0.2, 0) is 9.59 Å². The minimum atomic E-state index is -0.490. The maximum atomic E-state index is 12.9. The molecule has 1 aliphatic heterocycles. The summed E-state index contributed by atoms with van der Waals surface area (Å²) in [5.41, 5.74) is 4.18. The van der Waals surface area contributed by atoms with Crippen molar-refractivity contribution >= 4 is 40.6 Å². The molecule has 1 saturated heterocycles. The number of ether oxygens (including phenoxy) is 2. The van der Waals surface area contributed by atoms with Crippen LogP contribution < -0.4 is 14.8 Å². The van der Waals surface area contributed by atoms with Crippen molar-refractivity contribution in [3.05, 3.63) is 76.5 Å². The number of rotatable bonds is 7. The first-order valence-corrected chi connectivity index (χ1v) is 11.6. The summed E-state index contributed by atoms with van der Waals surface area (Å²) in [5.74, 6) is 0.446. The van der Waals surface area contributed by atoms with Gasteiger partial charge in [0.1, 0.15) is 18.0 Å². The van der Waals surface area contributed by atoms with Crippen LogP contribution in [0.3, 0.4) is 0 Å². The van der Waals surface area contributed by atoms with Crippen molar-refractivity contribution in [2.45, 2.75) is 13.8 Å². The second-order valence-electron chi connectivity index (χ2n) is 7.91. The van der Waals surface area contributed by atoms with Crippen LogP contribution in [0.5, 0.6) is 11.5 Å². The van der Waals surface area contributed by atoms with Crippen molar-refractivity contribution in [3.8, 4) is 17.2 Å². The topological polar surface area (TPSA) is 89.9 Å². The van der Waals surface area contributed by atoms with Gasteiger partial charge in [0.15, 0.2) is 0 Å². The molecule has 4 rings (SSSR count). The standard InChI is InChI=1S/C26H25N3O5S/c1-16-12-18(17(2)29(16)20-6-5-7-22(14-20)34-4)13-23-25(31)28(26(32)35-23)15-24(30)27-19-8-10-21(33-3)11-9-19/h5-14H,15H2,1-4H3,(H,27,30)/b23-13-. The van der Waals surface area contributed by atoms with Gasteiger partial charge in [-0.15, -0.1) is 0 Å². The van der Waals surface area contributed by atoms with E-state index in [-0.39, 0.29) is 11.4 Å². The van der Waals surface area contributed by atoms with Gasteiger partial charge in [0.25, 0.3) is 11.1 Å². The summed E-state index contributed by atoms with van der Waals surface area (Å²) in [6, 6.07) is 16.4. The van der Waals surface area contributed by atoms with E-state index in [4.69, 9.17) is 9.47 Å². The lowest BCUT2D eigenvalue weighted by atomic mass is 10.2. The fourth-order valence-electron chi connectivity index (χ4n) is 3.88. The highest BCUT2D eigenvalue weighted by atomic mass is 32.2. The van der Waals surface area contributed by atoms with Crippen LogP contribution in [0.2, 0.25) is 0 Å². The van der Waals surface area contributed by atoms with Gasteiger partial charge in [0, 0.05) is 28.8 Å². The molecule has 8 nitrogen and oxygen atoms in total. The SMILES string of the molecule is COc1ccc(NC(=O)CN2C(=O)S/C(=C\c3cc(C)n(-c4cccc(OC)c4)c3C)C2=O)cc1. The molecule has 180 valence electrons. The normalized spacial score (nSPS) is 14.5. The molecule has 0 radical (unpaired) electrons. The molecule has 0 aliphatic carbocycles. The Balaban J connectivity index is 1.51. The monoisotopic (exact) mass is 491 g/mol. The predicted molar refractivity (Wildman–Crippen MR) is 136 cm³/mol. The third-order valence-corrected chi connectivity index (χ3v) is 6.52. The number of imide groups is 1. The van der Waals surface area contributed by atoms with E-state index >= 15 is 0 Å². The van der Waals surface area contributed by atoms with Crippen molar-refractivity contribution in [3.63, 3.8) is 0 Å². The number of hydrogen-bond donors (Lipinski definition) is 1. The van der Waals surface area contributed by atoms with Gasteiger partial charge in [-0.05, 0) is 79.7 Å². The van der Waals surface area contributed by atoms with Crippen LogP contribution in [0.25, 0.3) is 11.8 Å². The maximum Gasteiger partial charge on any atom is 0.294 e. The van der Waals surface area contributed by atoms with Gasteiger partial charge in [-0.25, -0.2) is 0 Å². The Morgan fingerprint density at radius 1 is 1.00 bits per heavy atom. The van der Waals surface area contributed by atoms with Crippen LogP contribution in [0.15, 0.2) is 59.5 Å². The lowest BCUT2D eigenvalue weighted by Crippen LogP contribution is -2.36. The number of carbonyl (C=O) groups excluding carboxylic acids is 3. The fourth-order valence-corrected chi connectivity index (χ4v) is 4.71. The molecular formula is C26H25N3O5S. The minimum absolute atomic E-state index is 0.276. The van der Waals surface area contributed by atoms with E-state index in [9.17, 15) is 14.4 Å². The molecule has 1 N–H and O–H groups in total. The molecule has 1 fully saturated rings. The Kier molecular flexibility index (Phi) is 6.97. The molecule has 0 unspecified atom stereocenters. The number of anilines is 1. The molecule has 2 aromatic carbocycles. The summed E-state index contributed by atoms with van der Waals surface area (Å²) in [5, 5.41) is 2.21. The highest BCUT2D eigenvalue weighted by molar-refractivity contribution is 8.18. The zero-order valence-corrected chi connectivity index (χ0v) is 20.6. The Bertz CT molecular complexity index is 1330. The zero-order valence-electron chi connectivity index (χ0n) is 19.8. The van der Waals surface area contributed by atoms with E-state index in [1.54, 1.807) is 44.6 Å². The maximum absolute atomic E-state index is 12.9. The number of aryl methyl sites for hydroxylation is 1. The van der Waals surface area contributed by atoms with E-state index in [2.05, 4.69) is 9.88 Å². The summed E-state index contributed by atoms with van der Waals surface area (Å²) < 4.78 is 12.5. The number of nitrogens with zero attached hydrogens (tertiary/aromatic N) is 2. The number of aromatic nitrogens is 1. The predicted octanol–water partition coefficient (Wildman–Crippen LogP) is 4.79. The Morgan fingerprint density at radius 3 is 2.40 bits per heavy atom. The van der Waals surface area contributed by atoms with Gasteiger partial charge in [0.05, 0.1) is 19.1 Å². The largest absolute Gasteiger partial charge is 0.497 e. The number of nitrogens with one attached hydrogen (secondary N) is 1. The number of amides is 3. The van der Waals surface area contributed by atoms with Crippen molar-refractivity contribution in [1.29, 1.82) is 0 Å². The van der Waals surface area contributed by atoms with Crippen molar-refractivity contribution in [2.75, 3.05) is 26.1 Å². The Labute approximate surface area is 207 Å². The van der Waals surface area contributed by atoms with Gasteiger partial charge in [0.2, 0.25) is 5.91 Å². The van der Waals surface area contributed by atoms with E-state index in [0.717, 1.165) is 45.1 Å². The van der Waals surface area contributed by atoms with Crippen molar-refractivity contribution in [1.82, 2.24) is 9.47 Å². The molecule has 2 heterocycles. The first-order valence-electron chi connectivity index (χ1n) is 10.8. The van der Waals surface area contributed by atoms with E-state index in [0.29, 0.717) is 11.4 Å². The third-order valence-electron chi connectivity index (χ3n) is 5.62. The molecule has 3 amide bonds. The number of methoxy groups -OCH3 is 2. The summed E-state index contributed by atoms with van der Waals surface area (Å²) in [6.07, 6.45) is 1.70. The second kappa shape index (κ2) is 10.1. The highest BCUT2D eigenvalue weighted by Crippen LogP contribution is 2.34. The van der Waals surface area contributed by atoms with Crippen molar-refractivity contribution < 1.29 is 23.9 Å². The van der Waals surface area contributed by atoms with Gasteiger partial charge in [-0.2, -0.15) is 0 Å². The summed E-state index contributed by atoms with van der Waals surface area (Å²) in [6.45, 7) is 3.56.